The maximum absolute atomic E-state index is 13.1. The molecule has 2 aliphatic rings. The van der Waals surface area contributed by atoms with E-state index < -0.39 is 22.8 Å². The monoisotopic (exact) mass is 384 g/mol. The summed E-state index contributed by atoms with van der Waals surface area (Å²) in [6.45, 7) is 0. The molecule has 1 saturated heterocycles. The number of likely N-dealkylation sites (tertiary alicyclic amines) is 1. The molecule has 9 heteroatoms. The van der Waals surface area contributed by atoms with Crippen molar-refractivity contribution in [2.24, 2.45) is 5.92 Å². The number of nitro benzene ring substituents is 1. The fourth-order valence-corrected chi connectivity index (χ4v) is 4.44. The molecule has 1 saturated carbocycles. The average molecular weight is 384 g/mol. The molecule has 0 bridgehead atoms. The number of hydrogen-bond acceptors (Lipinski definition) is 5. The van der Waals surface area contributed by atoms with Crippen molar-refractivity contribution in [2.45, 2.75) is 44.2 Å². The van der Waals surface area contributed by atoms with Crippen LogP contribution in [0.4, 0.5) is 5.69 Å². The highest BCUT2D eigenvalue weighted by atomic mass is 16.6. The van der Waals surface area contributed by atoms with Crippen molar-refractivity contribution in [3.05, 3.63) is 52.3 Å². The predicted molar refractivity (Wildman–Crippen MR) is 98.2 cm³/mol. The van der Waals surface area contributed by atoms with Crippen LogP contribution in [-0.2, 0) is 4.79 Å². The second kappa shape index (κ2) is 7.06. The van der Waals surface area contributed by atoms with Gasteiger partial charge in [-0.15, -0.1) is 0 Å². The molecule has 1 aromatic carbocycles. The van der Waals surface area contributed by atoms with Crippen molar-refractivity contribution in [2.75, 3.05) is 0 Å². The van der Waals surface area contributed by atoms with Gasteiger partial charge in [0.05, 0.1) is 10.6 Å². The maximum Gasteiger partial charge on any atom is 0.326 e. The number of aromatic nitrogens is 2. The van der Waals surface area contributed by atoms with Crippen LogP contribution >= 0.6 is 0 Å². The lowest BCUT2D eigenvalue weighted by Gasteiger charge is -2.32. The molecule has 2 aromatic rings. The SMILES string of the molecule is O=C(O)C1CC2CCCCC2N1C(=O)c1ccn(-c2cccc([N+](=O)[O-])c2)n1. The van der Waals surface area contributed by atoms with Crippen molar-refractivity contribution >= 4 is 17.6 Å². The van der Waals surface area contributed by atoms with Gasteiger partial charge in [0.1, 0.15) is 6.04 Å². The lowest BCUT2D eigenvalue weighted by molar-refractivity contribution is -0.384. The second-order valence-corrected chi connectivity index (χ2v) is 7.34. The molecule has 146 valence electrons. The molecule has 1 aromatic heterocycles. The molecule has 0 spiro atoms. The number of carbonyl (C=O) groups excluding carboxylic acids is 1. The fraction of sp³-hybridized carbons (Fsp3) is 0.421. The molecule has 3 atom stereocenters. The Labute approximate surface area is 160 Å². The summed E-state index contributed by atoms with van der Waals surface area (Å²) >= 11 is 0. The zero-order valence-electron chi connectivity index (χ0n) is 15.1. The minimum Gasteiger partial charge on any atom is -0.480 e. The van der Waals surface area contributed by atoms with Gasteiger partial charge in [0.2, 0.25) is 0 Å². The minimum absolute atomic E-state index is 0.0645. The number of nitrogens with zero attached hydrogens (tertiary/aromatic N) is 4. The molecule has 1 amide bonds. The number of rotatable bonds is 4. The summed E-state index contributed by atoms with van der Waals surface area (Å²) in [6.07, 6.45) is 5.84. The Morgan fingerprint density at radius 2 is 2.00 bits per heavy atom. The number of nitro groups is 1. The largest absolute Gasteiger partial charge is 0.480 e. The van der Waals surface area contributed by atoms with Crippen LogP contribution in [0.25, 0.3) is 5.69 Å². The third-order valence-corrected chi connectivity index (χ3v) is 5.72. The lowest BCUT2D eigenvalue weighted by atomic mass is 9.84. The molecule has 3 unspecified atom stereocenters. The van der Waals surface area contributed by atoms with Gasteiger partial charge < -0.3 is 10.0 Å². The van der Waals surface area contributed by atoms with Gasteiger partial charge in [-0.2, -0.15) is 5.10 Å². The predicted octanol–water partition coefficient (Wildman–Crippen LogP) is 2.64. The topological polar surface area (TPSA) is 119 Å². The van der Waals surface area contributed by atoms with Gasteiger partial charge >= 0.3 is 5.97 Å². The van der Waals surface area contributed by atoms with Crippen molar-refractivity contribution in [1.29, 1.82) is 0 Å². The Morgan fingerprint density at radius 1 is 1.21 bits per heavy atom. The molecule has 4 rings (SSSR count). The summed E-state index contributed by atoms with van der Waals surface area (Å²) in [5.41, 5.74) is 0.528. The van der Waals surface area contributed by atoms with E-state index in [-0.39, 0.29) is 23.3 Å². The molecule has 2 heterocycles. The van der Waals surface area contributed by atoms with Gasteiger partial charge in [0.15, 0.2) is 5.69 Å². The fourth-order valence-electron chi connectivity index (χ4n) is 4.44. The van der Waals surface area contributed by atoms with E-state index in [2.05, 4.69) is 5.10 Å². The van der Waals surface area contributed by atoms with Crippen molar-refractivity contribution < 1.29 is 19.6 Å². The summed E-state index contributed by atoms with van der Waals surface area (Å²) in [5, 5.41) is 24.8. The first-order valence-electron chi connectivity index (χ1n) is 9.31. The van der Waals surface area contributed by atoms with Crippen LogP contribution in [-0.4, -0.2) is 48.7 Å². The number of carboxylic acid groups (broad SMARTS) is 1. The summed E-state index contributed by atoms with van der Waals surface area (Å²) in [6, 6.07) is 6.58. The lowest BCUT2D eigenvalue weighted by Crippen LogP contribution is -2.46. The van der Waals surface area contributed by atoms with E-state index in [1.54, 1.807) is 18.3 Å². The van der Waals surface area contributed by atoms with Crippen LogP contribution in [0.15, 0.2) is 36.5 Å². The zero-order valence-corrected chi connectivity index (χ0v) is 15.1. The molecule has 1 aliphatic carbocycles. The number of carboxylic acids is 1. The molecule has 9 nitrogen and oxygen atoms in total. The van der Waals surface area contributed by atoms with Crippen LogP contribution in [0.1, 0.15) is 42.6 Å². The number of fused-ring (bicyclic) bond motifs is 1. The summed E-state index contributed by atoms with van der Waals surface area (Å²) in [7, 11) is 0. The number of hydrogen-bond donors (Lipinski definition) is 1. The second-order valence-electron chi connectivity index (χ2n) is 7.34. The number of carbonyl (C=O) groups is 2. The summed E-state index contributed by atoms with van der Waals surface area (Å²) in [5.74, 6) is -1.16. The third kappa shape index (κ3) is 3.12. The van der Waals surface area contributed by atoms with E-state index in [1.807, 2.05) is 0 Å². The number of aliphatic carboxylic acids is 1. The summed E-state index contributed by atoms with van der Waals surface area (Å²) in [4.78, 5) is 36.8. The minimum atomic E-state index is -0.985. The molecular weight excluding hydrogens is 364 g/mol. The molecule has 2 fully saturated rings. The van der Waals surface area contributed by atoms with Crippen LogP contribution in [0.3, 0.4) is 0 Å². The van der Waals surface area contributed by atoms with Crippen molar-refractivity contribution in [1.82, 2.24) is 14.7 Å². The van der Waals surface area contributed by atoms with Crippen LogP contribution in [0, 0.1) is 16.0 Å². The Balaban J connectivity index is 1.62. The molecule has 1 aliphatic heterocycles. The highest BCUT2D eigenvalue weighted by molar-refractivity contribution is 5.95. The Kier molecular flexibility index (Phi) is 4.58. The molecule has 0 radical (unpaired) electrons. The van der Waals surface area contributed by atoms with Gasteiger partial charge in [-0.05, 0) is 37.3 Å². The first kappa shape index (κ1) is 18.1. The Bertz CT molecular complexity index is 940. The number of benzene rings is 1. The van der Waals surface area contributed by atoms with Gasteiger partial charge in [0, 0.05) is 24.4 Å². The van der Waals surface area contributed by atoms with E-state index >= 15 is 0 Å². The van der Waals surface area contributed by atoms with E-state index in [0.717, 1.165) is 25.7 Å². The quantitative estimate of drug-likeness (QED) is 0.639. The van der Waals surface area contributed by atoms with Crippen LogP contribution < -0.4 is 0 Å². The van der Waals surface area contributed by atoms with Crippen molar-refractivity contribution in [3.8, 4) is 5.69 Å². The zero-order chi connectivity index (χ0) is 19.8. The van der Waals surface area contributed by atoms with Gasteiger partial charge in [0.25, 0.3) is 11.6 Å². The molecular formula is C19H20N4O5. The maximum atomic E-state index is 13.1. The van der Waals surface area contributed by atoms with E-state index in [1.165, 1.54) is 27.8 Å². The normalized spacial score (nSPS) is 24.0. The van der Waals surface area contributed by atoms with E-state index in [4.69, 9.17) is 0 Å². The standard InChI is InChI=1S/C19H20N4O5/c24-18(22-16-7-2-1-4-12(16)10-17(22)19(25)26)15-8-9-21(20-15)13-5-3-6-14(11-13)23(27)28/h3,5-6,8-9,11-12,16-17H,1-2,4,7,10H2,(H,25,26). The molecule has 1 N–H and O–H groups in total. The highest BCUT2D eigenvalue weighted by Crippen LogP contribution is 2.40. The highest BCUT2D eigenvalue weighted by Gasteiger charge is 2.48. The number of amides is 1. The average Bonchev–Trinajstić information content (AvgIpc) is 3.33. The molecule has 28 heavy (non-hydrogen) atoms. The van der Waals surface area contributed by atoms with Crippen LogP contribution in [0.2, 0.25) is 0 Å². The number of non-ortho nitro benzene ring substituents is 1. The first-order chi connectivity index (χ1) is 13.5. The Hall–Kier alpha value is -3.23. The first-order valence-corrected chi connectivity index (χ1v) is 9.31. The van der Waals surface area contributed by atoms with Crippen molar-refractivity contribution in [3.63, 3.8) is 0 Å². The third-order valence-electron chi connectivity index (χ3n) is 5.72. The van der Waals surface area contributed by atoms with Gasteiger partial charge in [-0.1, -0.05) is 18.9 Å². The smallest absolute Gasteiger partial charge is 0.326 e. The summed E-state index contributed by atoms with van der Waals surface area (Å²) < 4.78 is 1.39. The van der Waals surface area contributed by atoms with Gasteiger partial charge in [-0.25, -0.2) is 9.48 Å². The van der Waals surface area contributed by atoms with Gasteiger partial charge in [-0.3, -0.25) is 14.9 Å². The Morgan fingerprint density at radius 3 is 2.75 bits per heavy atom. The van der Waals surface area contributed by atoms with E-state index in [9.17, 15) is 24.8 Å². The van der Waals surface area contributed by atoms with Crippen LogP contribution in [0.5, 0.6) is 0 Å². The van der Waals surface area contributed by atoms with E-state index in [0.29, 0.717) is 12.1 Å².